The van der Waals surface area contributed by atoms with Crippen molar-refractivity contribution in [2.75, 3.05) is 6.61 Å². The summed E-state index contributed by atoms with van der Waals surface area (Å²) in [5.74, 6) is 0.316. The van der Waals surface area contributed by atoms with Gasteiger partial charge in [0.1, 0.15) is 6.29 Å². The Balaban J connectivity index is 3.27. The molecule has 0 heterocycles. The number of hydrogen-bond acceptors (Lipinski definition) is 2. The molecule has 0 spiro atoms. The largest absolute Gasteiger partial charge is 0.396 e. The van der Waals surface area contributed by atoms with E-state index in [4.69, 9.17) is 5.11 Å². The summed E-state index contributed by atoms with van der Waals surface area (Å²) in [7, 11) is 0. The summed E-state index contributed by atoms with van der Waals surface area (Å²) in [6.07, 6.45) is 18.3. The Hall–Kier alpha value is -0.370. The number of aliphatic hydroxyl groups is 1. The molecule has 0 amide bonds. The maximum Gasteiger partial charge on any atom is 0.123 e. The van der Waals surface area contributed by atoms with Crippen LogP contribution in [0.15, 0.2) is 0 Å². The van der Waals surface area contributed by atoms with Gasteiger partial charge in [-0.1, -0.05) is 77.6 Å². The van der Waals surface area contributed by atoms with Crippen molar-refractivity contribution in [3.63, 3.8) is 0 Å². The molecule has 1 atom stereocenters. The van der Waals surface area contributed by atoms with E-state index in [0.29, 0.717) is 12.5 Å². The second-order valence-electron chi connectivity index (χ2n) is 6.09. The zero-order valence-electron chi connectivity index (χ0n) is 13.6. The molecule has 0 aromatic rings. The highest BCUT2D eigenvalue weighted by Crippen LogP contribution is 2.17. The van der Waals surface area contributed by atoms with E-state index in [2.05, 4.69) is 6.92 Å². The highest BCUT2D eigenvalue weighted by Gasteiger charge is 2.06. The van der Waals surface area contributed by atoms with Crippen LogP contribution in [0.3, 0.4) is 0 Å². The molecule has 0 fully saturated rings. The molecular formula is C18H36O2. The van der Waals surface area contributed by atoms with Crippen LogP contribution in [-0.2, 0) is 4.79 Å². The average molecular weight is 284 g/mol. The molecule has 0 rings (SSSR count). The molecule has 1 N–H and O–H groups in total. The minimum atomic E-state index is 0.316. The molecule has 1 unspecified atom stereocenters. The number of hydrogen-bond donors (Lipinski definition) is 1. The molecule has 0 aliphatic carbocycles. The lowest BCUT2D eigenvalue weighted by Crippen LogP contribution is -2.02. The van der Waals surface area contributed by atoms with E-state index >= 15 is 0 Å². The van der Waals surface area contributed by atoms with Gasteiger partial charge in [0, 0.05) is 12.5 Å². The lowest BCUT2D eigenvalue weighted by molar-refractivity contribution is -0.111. The first-order chi connectivity index (χ1) is 9.85. The second-order valence-corrected chi connectivity index (χ2v) is 6.09. The molecule has 2 nitrogen and oxygen atoms in total. The fraction of sp³-hybridized carbons (Fsp3) is 0.944. The maximum absolute atomic E-state index is 11.0. The first kappa shape index (κ1) is 19.6. The molecule has 20 heavy (non-hydrogen) atoms. The Bertz CT molecular complexity index is 192. The molecule has 0 radical (unpaired) electrons. The fourth-order valence-corrected chi connectivity index (χ4v) is 2.69. The first-order valence-corrected chi connectivity index (χ1v) is 8.91. The monoisotopic (exact) mass is 284 g/mol. The van der Waals surface area contributed by atoms with Gasteiger partial charge in [-0.05, 0) is 19.3 Å². The van der Waals surface area contributed by atoms with Gasteiger partial charge in [0.15, 0.2) is 0 Å². The minimum absolute atomic E-state index is 0.316. The van der Waals surface area contributed by atoms with Crippen molar-refractivity contribution in [1.29, 1.82) is 0 Å². The summed E-state index contributed by atoms with van der Waals surface area (Å²) >= 11 is 0. The van der Waals surface area contributed by atoms with Crippen molar-refractivity contribution in [1.82, 2.24) is 0 Å². The first-order valence-electron chi connectivity index (χ1n) is 8.91. The van der Waals surface area contributed by atoms with Crippen LogP contribution in [0.5, 0.6) is 0 Å². The Morgan fingerprint density at radius 2 is 1.20 bits per heavy atom. The van der Waals surface area contributed by atoms with E-state index in [1.807, 2.05) is 0 Å². The predicted octanol–water partition coefficient (Wildman–Crippen LogP) is 5.28. The van der Waals surface area contributed by atoms with Gasteiger partial charge in [0.25, 0.3) is 0 Å². The summed E-state index contributed by atoms with van der Waals surface area (Å²) in [5.41, 5.74) is 0. The van der Waals surface area contributed by atoms with E-state index in [9.17, 15) is 4.79 Å². The van der Waals surface area contributed by atoms with Gasteiger partial charge in [-0.15, -0.1) is 0 Å². The van der Waals surface area contributed by atoms with E-state index in [1.165, 1.54) is 76.9 Å². The standard InChI is InChI=1S/C18H36O2/c1-2-3-4-11-14-18(17-20)15-12-9-7-5-6-8-10-13-16-19/h17-19H,2-16H2,1H3. The van der Waals surface area contributed by atoms with Crippen LogP contribution >= 0.6 is 0 Å². The highest BCUT2D eigenvalue weighted by atomic mass is 16.2. The van der Waals surface area contributed by atoms with Gasteiger partial charge in [0.05, 0.1) is 0 Å². The van der Waals surface area contributed by atoms with Gasteiger partial charge in [0.2, 0.25) is 0 Å². The van der Waals surface area contributed by atoms with Crippen LogP contribution in [0.2, 0.25) is 0 Å². The Morgan fingerprint density at radius 3 is 1.65 bits per heavy atom. The molecule has 0 saturated carbocycles. The van der Waals surface area contributed by atoms with E-state index < -0.39 is 0 Å². The number of rotatable bonds is 16. The number of carbonyl (C=O) groups excluding carboxylic acids is 1. The smallest absolute Gasteiger partial charge is 0.123 e. The average Bonchev–Trinajstić information content (AvgIpc) is 2.47. The van der Waals surface area contributed by atoms with E-state index in [0.717, 1.165) is 19.3 Å². The van der Waals surface area contributed by atoms with Crippen LogP contribution in [-0.4, -0.2) is 18.0 Å². The molecule has 0 aromatic heterocycles. The minimum Gasteiger partial charge on any atom is -0.396 e. The summed E-state index contributed by atoms with van der Waals surface area (Å²) in [4.78, 5) is 11.0. The van der Waals surface area contributed by atoms with Crippen molar-refractivity contribution in [2.45, 2.75) is 96.8 Å². The lowest BCUT2D eigenvalue weighted by atomic mass is 9.95. The number of aliphatic hydroxyl groups excluding tert-OH is 1. The van der Waals surface area contributed by atoms with E-state index in [1.54, 1.807) is 0 Å². The zero-order chi connectivity index (χ0) is 14.9. The van der Waals surface area contributed by atoms with Crippen molar-refractivity contribution in [3.05, 3.63) is 0 Å². The SMILES string of the molecule is CCCCCCC(C=O)CCCCCCCCCCO. The van der Waals surface area contributed by atoms with Crippen molar-refractivity contribution in [3.8, 4) is 0 Å². The quantitative estimate of drug-likeness (QED) is 0.309. The predicted molar refractivity (Wildman–Crippen MR) is 87.0 cm³/mol. The lowest BCUT2D eigenvalue weighted by Gasteiger charge is -2.09. The van der Waals surface area contributed by atoms with Crippen molar-refractivity contribution < 1.29 is 9.90 Å². The molecule has 0 saturated heterocycles. The zero-order valence-corrected chi connectivity index (χ0v) is 13.6. The molecule has 120 valence electrons. The highest BCUT2D eigenvalue weighted by molar-refractivity contribution is 5.53. The van der Waals surface area contributed by atoms with Gasteiger partial charge in [-0.25, -0.2) is 0 Å². The number of aldehydes is 1. The van der Waals surface area contributed by atoms with Crippen molar-refractivity contribution >= 4 is 6.29 Å². The Morgan fingerprint density at radius 1 is 0.750 bits per heavy atom. The Labute approximate surface area is 126 Å². The third-order valence-electron chi connectivity index (χ3n) is 4.10. The van der Waals surface area contributed by atoms with Crippen LogP contribution in [0.25, 0.3) is 0 Å². The van der Waals surface area contributed by atoms with Gasteiger partial charge in [-0.3, -0.25) is 0 Å². The summed E-state index contributed by atoms with van der Waals surface area (Å²) < 4.78 is 0. The summed E-state index contributed by atoms with van der Waals surface area (Å²) in [6, 6.07) is 0. The summed E-state index contributed by atoms with van der Waals surface area (Å²) in [6.45, 7) is 2.56. The van der Waals surface area contributed by atoms with Crippen LogP contribution in [0.4, 0.5) is 0 Å². The van der Waals surface area contributed by atoms with E-state index in [-0.39, 0.29) is 0 Å². The topological polar surface area (TPSA) is 37.3 Å². The van der Waals surface area contributed by atoms with Crippen LogP contribution in [0, 0.1) is 5.92 Å². The van der Waals surface area contributed by atoms with Crippen molar-refractivity contribution in [2.24, 2.45) is 5.92 Å². The molecular weight excluding hydrogens is 248 g/mol. The summed E-state index contributed by atoms with van der Waals surface area (Å²) in [5, 5.41) is 8.68. The fourth-order valence-electron chi connectivity index (χ4n) is 2.69. The molecule has 2 heteroatoms. The third kappa shape index (κ3) is 14.0. The number of carbonyl (C=O) groups is 1. The molecule has 0 aliphatic rings. The third-order valence-corrected chi connectivity index (χ3v) is 4.10. The van der Waals surface area contributed by atoms with Crippen LogP contribution in [0.1, 0.15) is 96.8 Å². The Kier molecular flexibility index (Phi) is 16.4. The van der Waals surface area contributed by atoms with Gasteiger partial charge >= 0.3 is 0 Å². The maximum atomic E-state index is 11.0. The normalized spacial score (nSPS) is 12.5. The molecule has 0 bridgehead atoms. The number of unbranched alkanes of at least 4 members (excludes halogenated alkanes) is 10. The second kappa shape index (κ2) is 16.7. The van der Waals surface area contributed by atoms with Crippen LogP contribution < -0.4 is 0 Å². The van der Waals surface area contributed by atoms with Gasteiger partial charge < -0.3 is 9.90 Å². The molecule has 0 aliphatic heterocycles. The van der Waals surface area contributed by atoms with Gasteiger partial charge in [-0.2, -0.15) is 0 Å². The molecule has 0 aromatic carbocycles.